The Hall–Kier alpha value is -3.33. The van der Waals surface area contributed by atoms with Crippen LogP contribution in [0.25, 0.3) is 0 Å². The van der Waals surface area contributed by atoms with Gasteiger partial charge in [-0.25, -0.2) is 4.39 Å². The predicted octanol–water partition coefficient (Wildman–Crippen LogP) is 5.20. The number of carbonyl (C=O) groups excluding carboxylic acids is 1. The van der Waals surface area contributed by atoms with E-state index in [1.165, 1.54) is 19.1 Å². The van der Waals surface area contributed by atoms with Gasteiger partial charge in [-0.3, -0.25) is 9.59 Å². The molecule has 0 saturated carbocycles. The van der Waals surface area contributed by atoms with E-state index in [-0.39, 0.29) is 47.2 Å². The van der Waals surface area contributed by atoms with Crippen LogP contribution in [-0.4, -0.2) is 23.0 Å². The molecule has 0 aliphatic heterocycles. The molecule has 1 amide bonds. The Kier molecular flexibility index (Phi) is 8.92. The fraction of sp³-hybridized carbons (Fsp3) is 0.200. The van der Waals surface area contributed by atoms with E-state index in [0.29, 0.717) is 22.6 Å². The number of carboxylic acid groups (broad SMARTS) is 1. The van der Waals surface area contributed by atoms with Gasteiger partial charge in [-0.1, -0.05) is 35.3 Å². The van der Waals surface area contributed by atoms with Gasteiger partial charge in [0.15, 0.2) is 5.75 Å². The molecule has 0 spiro atoms. The summed E-state index contributed by atoms with van der Waals surface area (Å²) in [5.74, 6) is -1.02. The van der Waals surface area contributed by atoms with Gasteiger partial charge in [-0.2, -0.15) is 0 Å². The molecule has 0 aromatic heterocycles. The first kappa shape index (κ1) is 26.3. The first-order valence-corrected chi connectivity index (χ1v) is 11.2. The number of anilines is 1. The van der Waals surface area contributed by atoms with Crippen molar-refractivity contribution in [2.45, 2.75) is 32.6 Å². The highest BCUT2D eigenvalue weighted by Crippen LogP contribution is 2.36. The summed E-state index contributed by atoms with van der Waals surface area (Å²) < 4.78 is 24.9. The summed E-state index contributed by atoms with van der Waals surface area (Å²) in [6, 6.07) is 13.0. The van der Waals surface area contributed by atoms with Gasteiger partial charge < -0.3 is 25.6 Å². The molecule has 184 valence electrons. The highest BCUT2D eigenvalue weighted by atomic mass is 35.5. The van der Waals surface area contributed by atoms with Gasteiger partial charge in [0.05, 0.1) is 10.0 Å². The number of nitrogens with two attached hydrogens (primary N) is 1. The first-order valence-electron chi connectivity index (χ1n) is 10.5. The van der Waals surface area contributed by atoms with Crippen LogP contribution in [0.3, 0.4) is 0 Å². The van der Waals surface area contributed by atoms with E-state index in [2.05, 4.69) is 5.32 Å². The minimum atomic E-state index is -1.13. The molecule has 0 heterocycles. The quantitative estimate of drug-likeness (QED) is 0.338. The smallest absolute Gasteiger partial charge is 0.320 e. The Morgan fingerprint density at radius 1 is 1.00 bits per heavy atom. The molecule has 0 fully saturated rings. The van der Waals surface area contributed by atoms with Crippen LogP contribution in [0.1, 0.15) is 23.6 Å². The molecule has 3 aromatic rings. The fourth-order valence-electron chi connectivity index (χ4n) is 3.22. The van der Waals surface area contributed by atoms with E-state index in [1.54, 1.807) is 42.5 Å². The monoisotopic (exact) mass is 520 g/mol. The number of carbonyl (C=O) groups is 2. The van der Waals surface area contributed by atoms with Gasteiger partial charge >= 0.3 is 5.97 Å². The van der Waals surface area contributed by atoms with E-state index < -0.39 is 12.0 Å². The lowest BCUT2D eigenvalue weighted by molar-refractivity contribution is -0.138. The van der Waals surface area contributed by atoms with E-state index in [9.17, 15) is 14.0 Å². The molecule has 3 aromatic carbocycles. The molecule has 0 aliphatic rings. The van der Waals surface area contributed by atoms with Crippen LogP contribution < -0.4 is 20.5 Å². The van der Waals surface area contributed by atoms with Crippen molar-refractivity contribution in [3.05, 3.63) is 87.2 Å². The zero-order valence-corrected chi connectivity index (χ0v) is 20.2. The van der Waals surface area contributed by atoms with Crippen LogP contribution in [0, 0.1) is 5.82 Å². The number of benzene rings is 3. The van der Waals surface area contributed by atoms with Crippen LogP contribution >= 0.6 is 23.2 Å². The Labute approximate surface area is 211 Å². The van der Waals surface area contributed by atoms with Crippen molar-refractivity contribution in [1.29, 1.82) is 0 Å². The molecule has 0 aliphatic carbocycles. The number of nitrogens with one attached hydrogen (secondary N) is 1. The number of amides is 1. The molecule has 4 N–H and O–H groups in total. The highest BCUT2D eigenvalue weighted by Gasteiger charge is 2.17. The normalized spacial score (nSPS) is 11.6. The molecule has 0 bridgehead atoms. The second-order valence-corrected chi connectivity index (χ2v) is 8.56. The molecular weight excluding hydrogens is 498 g/mol. The summed E-state index contributed by atoms with van der Waals surface area (Å²) in [6.45, 7) is 1.58. The Morgan fingerprint density at radius 2 is 1.66 bits per heavy atom. The second kappa shape index (κ2) is 11.9. The third kappa shape index (κ3) is 7.58. The van der Waals surface area contributed by atoms with Crippen LogP contribution in [-0.2, 0) is 29.2 Å². The summed E-state index contributed by atoms with van der Waals surface area (Å²) in [4.78, 5) is 22.5. The number of aliphatic carboxylic acids is 1. The zero-order valence-electron chi connectivity index (χ0n) is 18.7. The molecular formula is C25H23Cl2FN2O5. The Morgan fingerprint density at radius 3 is 2.26 bits per heavy atom. The van der Waals surface area contributed by atoms with Gasteiger partial charge in [0.2, 0.25) is 5.91 Å². The molecule has 7 nitrogen and oxygen atoms in total. The molecule has 1 atom stereocenters. The van der Waals surface area contributed by atoms with Crippen LogP contribution in [0.4, 0.5) is 10.1 Å². The number of hydrogen-bond acceptors (Lipinski definition) is 5. The number of rotatable bonds is 10. The largest absolute Gasteiger partial charge is 0.488 e. The maximum absolute atomic E-state index is 13.2. The SMILES string of the molecule is CC(=O)Nc1ccc(OCc2ccc(F)cc2)c(COc2c(Cl)cc(CC(N)C(=O)O)cc2Cl)c1. The molecule has 10 heteroatoms. The first-order chi connectivity index (χ1) is 16.6. The lowest BCUT2D eigenvalue weighted by Gasteiger charge is -2.16. The third-order valence-corrected chi connectivity index (χ3v) is 5.45. The number of hydrogen-bond donors (Lipinski definition) is 3. The van der Waals surface area contributed by atoms with Crippen molar-refractivity contribution < 1.29 is 28.6 Å². The van der Waals surface area contributed by atoms with E-state index in [0.717, 1.165) is 5.56 Å². The van der Waals surface area contributed by atoms with E-state index in [1.807, 2.05) is 0 Å². The average molecular weight is 521 g/mol. The molecule has 1 unspecified atom stereocenters. The minimum absolute atomic E-state index is 0.000394. The molecule has 3 rings (SSSR count). The number of carboxylic acids is 1. The number of ether oxygens (including phenoxy) is 2. The molecule has 0 saturated heterocycles. The van der Waals surface area contributed by atoms with Gasteiger partial charge in [-0.15, -0.1) is 0 Å². The van der Waals surface area contributed by atoms with Gasteiger partial charge in [0.25, 0.3) is 0 Å². The van der Waals surface area contributed by atoms with E-state index in [4.69, 9.17) is 43.5 Å². The van der Waals surface area contributed by atoms with Gasteiger partial charge in [0, 0.05) is 18.2 Å². The minimum Gasteiger partial charge on any atom is -0.488 e. The van der Waals surface area contributed by atoms with Crippen molar-refractivity contribution in [1.82, 2.24) is 0 Å². The van der Waals surface area contributed by atoms with Crippen molar-refractivity contribution in [2.24, 2.45) is 5.73 Å². The maximum atomic E-state index is 13.2. The zero-order chi connectivity index (χ0) is 25.5. The van der Waals surface area contributed by atoms with Crippen molar-refractivity contribution in [3.63, 3.8) is 0 Å². The Bertz CT molecular complexity index is 1200. The van der Waals surface area contributed by atoms with Crippen LogP contribution in [0.5, 0.6) is 11.5 Å². The summed E-state index contributed by atoms with van der Waals surface area (Å²) >= 11 is 12.7. The van der Waals surface area contributed by atoms with Crippen LogP contribution in [0.15, 0.2) is 54.6 Å². The molecule has 35 heavy (non-hydrogen) atoms. The van der Waals surface area contributed by atoms with Crippen molar-refractivity contribution in [2.75, 3.05) is 5.32 Å². The van der Waals surface area contributed by atoms with Gasteiger partial charge in [0.1, 0.15) is 30.8 Å². The summed E-state index contributed by atoms with van der Waals surface area (Å²) in [5, 5.41) is 12.1. The highest BCUT2D eigenvalue weighted by molar-refractivity contribution is 6.37. The topological polar surface area (TPSA) is 111 Å². The molecule has 0 radical (unpaired) electrons. The average Bonchev–Trinajstić information content (AvgIpc) is 2.78. The number of halogens is 3. The Balaban J connectivity index is 1.79. The third-order valence-electron chi connectivity index (χ3n) is 4.89. The van der Waals surface area contributed by atoms with Crippen molar-refractivity contribution in [3.8, 4) is 11.5 Å². The summed E-state index contributed by atoms with van der Waals surface area (Å²) in [5.41, 5.74) is 8.05. The van der Waals surface area contributed by atoms with Gasteiger partial charge in [-0.05, 0) is 60.0 Å². The van der Waals surface area contributed by atoms with Crippen molar-refractivity contribution >= 4 is 40.8 Å². The van der Waals surface area contributed by atoms with E-state index >= 15 is 0 Å². The summed E-state index contributed by atoms with van der Waals surface area (Å²) in [7, 11) is 0. The maximum Gasteiger partial charge on any atom is 0.320 e. The lowest BCUT2D eigenvalue weighted by atomic mass is 10.1. The fourth-order valence-corrected chi connectivity index (χ4v) is 3.86. The standard InChI is InChI=1S/C25H23Cl2FN2O5/c1-14(31)30-19-6-7-23(34-12-15-2-4-18(28)5-3-15)17(11-19)13-35-24-20(26)8-16(9-21(24)27)10-22(29)25(32)33/h2-9,11,22H,10,12-13,29H2,1H3,(H,30,31)(H,32,33). The van der Waals surface area contributed by atoms with Crippen LogP contribution in [0.2, 0.25) is 10.0 Å². The summed E-state index contributed by atoms with van der Waals surface area (Å²) in [6.07, 6.45) is 0.0508. The predicted molar refractivity (Wildman–Crippen MR) is 132 cm³/mol. The lowest BCUT2D eigenvalue weighted by Crippen LogP contribution is -2.32. The second-order valence-electron chi connectivity index (χ2n) is 7.74.